The number of aryl methyl sites for hydroxylation is 1. The van der Waals surface area contributed by atoms with Gasteiger partial charge in [0.25, 0.3) is 5.91 Å². The van der Waals surface area contributed by atoms with E-state index in [4.69, 9.17) is 0 Å². The monoisotopic (exact) mass is 407 g/mol. The molecule has 0 saturated carbocycles. The quantitative estimate of drug-likeness (QED) is 0.813. The van der Waals surface area contributed by atoms with E-state index in [9.17, 15) is 4.79 Å². The van der Waals surface area contributed by atoms with E-state index in [1.807, 2.05) is 43.5 Å². The highest BCUT2D eigenvalue weighted by Crippen LogP contribution is 2.39. The first kappa shape index (κ1) is 21.7. The highest BCUT2D eigenvalue weighted by atomic mass is 35.5. The van der Waals surface area contributed by atoms with Crippen LogP contribution in [0.3, 0.4) is 0 Å². The molecule has 1 N–H and O–H groups in total. The Kier molecular flexibility index (Phi) is 7.26. The lowest BCUT2D eigenvalue weighted by Gasteiger charge is -2.33. The van der Waals surface area contributed by atoms with Crippen LogP contribution in [0.4, 0.5) is 0 Å². The lowest BCUT2D eigenvalue weighted by atomic mass is 9.78. The fourth-order valence-electron chi connectivity index (χ4n) is 4.19. The van der Waals surface area contributed by atoms with Crippen LogP contribution >= 0.6 is 24.8 Å². The van der Waals surface area contributed by atoms with E-state index in [1.165, 1.54) is 12.8 Å². The summed E-state index contributed by atoms with van der Waals surface area (Å²) in [6.07, 6.45) is 5.36. The maximum atomic E-state index is 12.9. The third kappa shape index (κ3) is 4.63. The SMILES string of the molecule is Cc1cc(-c2ccc(C(=O)N3CCC4(CCNCC4)C3)cc2)ccn1.Cl.Cl. The fraction of sp³-hybridized carbons (Fsp3) is 0.429. The molecule has 0 unspecified atom stereocenters. The van der Waals surface area contributed by atoms with Crippen molar-refractivity contribution in [1.29, 1.82) is 0 Å². The number of hydrogen-bond acceptors (Lipinski definition) is 3. The van der Waals surface area contributed by atoms with Gasteiger partial charge in [0.15, 0.2) is 0 Å². The fourth-order valence-corrected chi connectivity index (χ4v) is 4.19. The molecule has 1 aromatic heterocycles. The summed E-state index contributed by atoms with van der Waals surface area (Å²) >= 11 is 0. The molecule has 1 aromatic carbocycles. The van der Waals surface area contributed by atoms with E-state index in [1.54, 1.807) is 0 Å². The largest absolute Gasteiger partial charge is 0.338 e. The van der Waals surface area contributed by atoms with Crippen LogP contribution in [-0.4, -0.2) is 42.0 Å². The molecule has 27 heavy (non-hydrogen) atoms. The van der Waals surface area contributed by atoms with E-state index in [0.717, 1.165) is 55.0 Å². The molecule has 0 radical (unpaired) electrons. The molecule has 4 nitrogen and oxygen atoms in total. The highest BCUT2D eigenvalue weighted by molar-refractivity contribution is 5.95. The highest BCUT2D eigenvalue weighted by Gasteiger charge is 2.40. The van der Waals surface area contributed by atoms with Gasteiger partial charge in [-0.25, -0.2) is 0 Å². The summed E-state index contributed by atoms with van der Waals surface area (Å²) in [5.74, 6) is 0.174. The summed E-state index contributed by atoms with van der Waals surface area (Å²) in [4.78, 5) is 19.2. The number of piperidine rings is 1. The Morgan fingerprint density at radius 3 is 2.41 bits per heavy atom. The maximum absolute atomic E-state index is 12.9. The Balaban J connectivity index is 0.00000131. The molecule has 0 atom stereocenters. The molecular weight excluding hydrogens is 381 g/mol. The number of carbonyl (C=O) groups excluding carboxylic acids is 1. The van der Waals surface area contributed by atoms with Crippen molar-refractivity contribution in [3.63, 3.8) is 0 Å². The van der Waals surface area contributed by atoms with Gasteiger partial charge in [0.05, 0.1) is 0 Å². The second-order valence-electron chi connectivity index (χ2n) is 7.49. The zero-order valence-electron chi connectivity index (χ0n) is 15.6. The average molecular weight is 408 g/mol. The van der Waals surface area contributed by atoms with Crippen LogP contribution in [0.2, 0.25) is 0 Å². The van der Waals surface area contributed by atoms with Gasteiger partial charge in [-0.1, -0.05) is 12.1 Å². The van der Waals surface area contributed by atoms with Gasteiger partial charge in [-0.3, -0.25) is 9.78 Å². The van der Waals surface area contributed by atoms with Gasteiger partial charge in [0.2, 0.25) is 0 Å². The van der Waals surface area contributed by atoms with Crippen LogP contribution in [0.5, 0.6) is 0 Å². The number of nitrogens with zero attached hydrogens (tertiary/aromatic N) is 2. The van der Waals surface area contributed by atoms with Crippen LogP contribution in [0.1, 0.15) is 35.3 Å². The minimum atomic E-state index is 0. The topological polar surface area (TPSA) is 45.2 Å². The van der Waals surface area contributed by atoms with Gasteiger partial charge < -0.3 is 10.2 Å². The standard InChI is InChI=1S/C21H25N3O.2ClH/c1-16-14-19(6-10-23-16)17-2-4-18(5-3-17)20(25)24-13-9-21(15-24)7-11-22-12-8-21;;/h2-6,10,14,22H,7-9,11-13,15H2,1H3;2*1H. The van der Waals surface area contributed by atoms with E-state index in [-0.39, 0.29) is 30.7 Å². The van der Waals surface area contributed by atoms with Crippen LogP contribution in [0.25, 0.3) is 11.1 Å². The number of aromatic nitrogens is 1. The average Bonchev–Trinajstić information content (AvgIpc) is 3.05. The van der Waals surface area contributed by atoms with Crippen molar-refractivity contribution in [2.45, 2.75) is 26.2 Å². The van der Waals surface area contributed by atoms with Gasteiger partial charge in [-0.05, 0) is 80.1 Å². The third-order valence-electron chi connectivity index (χ3n) is 5.75. The van der Waals surface area contributed by atoms with E-state index >= 15 is 0 Å². The molecule has 0 aliphatic carbocycles. The minimum absolute atomic E-state index is 0. The number of benzene rings is 1. The number of rotatable bonds is 2. The summed E-state index contributed by atoms with van der Waals surface area (Å²) in [6.45, 7) is 5.97. The Morgan fingerprint density at radius 2 is 1.74 bits per heavy atom. The zero-order chi connectivity index (χ0) is 17.3. The lowest BCUT2D eigenvalue weighted by molar-refractivity contribution is 0.0762. The van der Waals surface area contributed by atoms with Crippen molar-refractivity contribution in [2.24, 2.45) is 5.41 Å². The van der Waals surface area contributed by atoms with Gasteiger partial charge in [-0.2, -0.15) is 0 Å². The minimum Gasteiger partial charge on any atom is -0.338 e. The summed E-state index contributed by atoms with van der Waals surface area (Å²) in [5, 5.41) is 3.43. The molecule has 0 bridgehead atoms. The van der Waals surface area contributed by atoms with Gasteiger partial charge in [-0.15, -0.1) is 24.8 Å². The zero-order valence-corrected chi connectivity index (χ0v) is 17.2. The Labute approximate surface area is 173 Å². The van der Waals surface area contributed by atoms with Crippen LogP contribution in [-0.2, 0) is 0 Å². The van der Waals surface area contributed by atoms with Crippen molar-refractivity contribution in [2.75, 3.05) is 26.2 Å². The lowest BCUT2D eigenvalue weighted by Crippen LogP contribution is -2.39. The van der Waals surface area contributed by atoms with Gasteiger partial charge in [0, 0.05) is 30.5 Å². The molecule has 3 heterocycles. The van der Waals surface area contributed by atoms with Crippen molar-refractivity contribution < 1.29 is 4.79 Å². The first-order valence-corrected chi connectivity index (χ1v) is 9.18. The molecule has 6 heteroatoms. The molecule has 146 valence electrons. The Morgan fingerprint density at radius 1 is 1.04 bits per heavy atom. The molecule has 1 spiro atoms. The molecule has 2 saturated heterocycles. The molecule has 1 amide bonds. The maximum Gasteiger partial charge on any atom is 0.253 e. The van der Waals surface area contributed by atoms with Crippen molar-refractivity contribution in [3.05, 3.63) is 53.9 Å². The van der Waals surface area contributed by atoms with Crippen molar-refractivity contribution >= 4 is 30.7 Å². The number of hydrogen-bond donors (Lipinski definition) is 1. The van der Waals surface area contributed by atoms with Gasteiger partial charge >= 0.3 is 0 Å². The van der Waals surface area contributed by atoms with E-state index < -0.39 is 0 Å². The molecule has 2 aliphatic heterocycles. The number of halogens is 2. The number of amides is 1. The molecule has 2 aromatic rings. The van der Waals surface area contributed by atoms with Gasteiger partial charge in [0.1, 0.15) is 0 Å². The normalized spacial score (nSPS) is 17.9. The first-order chi connectivity index (χ1) is 12.2. The predicted octanol–water partition coefficient (Wildman–Crippen LogP) is 4.12. The molecular formula is C21H27Cl2N3O. The van der Waals surface area contributed by atoms with Crippen LogP contribution in [0, 0.1) is 12.3 Å². The number of pyridine rings is 1. The van der Waals surface area contributed by atoms with Crippen LogP contribution < -0.4 is 5.32 Å². The molecule has 4 rings (SSSR count). The summed E-state index contributed by atoms with van der Waals surface area (Å²) in [5.41, 5.74) is 4.41. The second kappa shape index (κ2) is 9.05. The number of likely N-dealkylation sites (tertiary alicyclic amines) is 1. The first-order valence-electron chi connectivity index (χ1n) is 9.18. The van der Waals surface area contributed by atoms with Crippen LogP contribution in [0.15, 0.2) is 42.6 Å². The van der Waals surface area contributed by atoms with Crippen molar-refractivity contribution in [3.8, 4) is 11.1 Å². The van der Waals surface area contributed by atoms with E-state index in [0.29, 0.717) is 5.41 Å². The van der Waals surface area contributed by atoms with E-state index in [2.05, 4.69) is 21.3 Å². The number of nitrogens with one attached hydrogen (secondary N) is 1. The molecule has 2 fully saturated rings. The number of carbonyl (C=O) groups is 1. The van der Waals surface area contributed by atoms with Crippen molar-refractivity contribution in [1.82, 2.24) is 15.2 Å². The third-order valence-corrected chi connectivity index (χ3v) is 5.75. The summed E-state index contributed by atoms with van der Waals surface area (Å²) in [7, 11) is 0. The second-order valence-corrected chi connectivity index (χ2v) is 7.49. The Bertz CT molecular complexity index is 773. The summed E-state index contributed by atoms with van der Waals surface area (Å²) in [6, 6.07) is 12.1. The summed E-state index contributed by atoms with van der Waals surface area (Å²) < 4.78 is 0. The predicted molar refractivity (Wildman–Crippen MR) is 114 cm³/mol. The smallest absolute Gasteiger partial charge is 0.253 e. The Hall–Kier alpha value is -1.62. The molecule has 2 aliphatic rings.